The molecule has 2 aromatic heterocycles. The molecule has 0 aliphatic carbocycles. The minimum Gasteiger partial charge on any atom is -0.362 e. The summed E-state index contributed by atoms with van der Waals surface area (Å²) in [5, 5.41) is 10.4. The molecule has 0 bridgehead atoms. The fourth-order valence-electron chi connectivity index (χ4n) is 1.92. The van der Waals surface area contributed by atoms with Crippen LogP contribution in [0.2, 0.25) is 5.28 Å². The molecular formula is C11H12ClN5S. The van der Waals surface area contributed by atoms with Crippen molar-refractivity contribution >= 4 is 29.2 Å². The van der Waals surface area contributed by atoms with E-state index in [-0.39, 0.29) is 6.04 Å². The van der Waals surface area contributed by atoms with Gasteiger partial charge >= 0.3 is 0 Å². The van der Waals surface area contributed by atoms with Crippen molar-refractivity contribution in [3.63, 3.8) is 0 Å². The number of aromatic nitrogens is 4. The van der Waals surface area contributed by atoms with Crippen LogP contribution >= 0.6 is 23.4 Å². The average molecular weight is 282 g/mol. The predicted octanol–water partition coefficient (Wildman–Crippen LogP) is 2.67. The summed E-state index contributed by atoms with van der Waals surface area (Å²) >= 11 is 7.72. The van der Waals surface area contributed by atoms with Crippen LogP contribution in [0.3, 0.4) is 0 Å². The summed E-state index contributed by atoms with van der Waals surface area (Å²) in [6.45, 7) is 2.06. The van der Waals surface area contributed by atoms with Crippen molar-refractivity contribution in [2.75, 3.05) is 11.1 Å². The molecule has 0 saturated heterocycles. The Morgan fingerprint density at radius 3 is 3.17 bits per heavy atom. The molecule has 0 aromatic carbocycles. The number of rotatable bonds is 3. The molecule has 7 heteroatoms. The third-order valence-electron chi connectivity index (χ3n) is 2.87. The number of nitrogens with one attached hydrogen (secondary N) is 2. The van der Waals surface area contributed by atoms with E-state index in [0.29, 0.717) is 5.28 Å². The second kappa shape index (κ2) is 4.78. The van der Waals surface area contributed by atoms with Gasteiger partial charge in [0, 0.05) is 23.9 Å². The third kappa shape index (κ3) is 2.18. The van der Waals surface area contributed by atoms with Crippen LogP contribution in [0.5, 0.6) is 0 Å². The summed E-state index contributed by atoms with van der Waals surface area (Å²) in [6, 6.07) is 0.125. The summed E-state index contributed by atoms with van der Waals surface area (Å²) in [4.78, 5) is 9.67. The zero-order chi connectivity index (χ0) is 12.5. The van der Waals surface area contributed by atoms with E-state index in [0.717, 1.165) is 34.1 Å². The first kappa shape index (κ1) is 11.8. The first-order chi connectivity index (χ1) is 8.74. The van der Waals surface area contributed by atoms with Gasteiger partial charge in [-0.3, -0.25) is 5.10 Å². The second-order valence-electron chi connectivity index (χ2n) is 4.11. The van der Waals surface area contributed by atoms with Gasteiger partial charge in [0.15, 0.2) is 0 Å². The summed E-state index contributed by atoms with van der Waals surface area (Å²) in [5.41, 5.74) is 2.13. The quantitative estimate of drug-likeness (QED) is 0.847. The van der Waals surface area contributed by atoms with Gasteiger partial charge in [-0.1, -0.05) is 0 Å². The highest BCUT2D eigenvalue weighted by Gasteiger charge is 2.21. The minimum absolute atomic E-state index is 0.125. The van der Waals surface area contributed by atoms with E-state index in [1.165, 1.54) is 0 Å². The Labute approximate surface area is 114 Å². The highest BCUT2D eigenvalue weighted by Crippen LogP contribution is 2.37. The lowest BCUT2D eigenvalue weighted by molar-refractivity contribution is 0.856. The molecule has 0 spiro atoms. The molecule has 1 aliphatic heterocycles. The number of aryl methyl sites for hydroxylation is 1. The van der Waals surface area contributed by atoms with Gasteiger partial charge in [-0.2, -0.15) is 10.1 Å². The van der Waals surface area contributed by atoms with Crippen LogP contribution in [0.1, 0.15) is 24.2 Å². The molecule has 2 N–H and O–H groups in total. The van der Waals surface area contributed by atoms with Crippen molar-refractivity contribution in [2.24, 2.45) is 0 Å². The standard InChI is InChI=1S/C11H12ClN5S/c1-6(7-4-13-14-5-7)15-10-9-8(2-3-18-9)16-11(12)17-10/h4-6H,2-3H2,1H3,(H,13,14)(H,15,16,17). The fourth-order valence-corrected chi connectivity index (χ4v) is 3.16. The highest BCUT2D eigenvalue weighted by molar-refractivity contribution is 7.99. The average Bonchev–Trinajstić information content (AvgIpc) is 2.98. The second-order valence-corrected chi connectivity index (χ2v) is 5.56. The van der Waals surface area contributed by atoms with E-state index >= 15 is 0 Å². The van der Waals surface area contributed by atoms with Crippen molar-refractivity contribution < 1.29 is 0 Å². The number of anilines is 1. The maximum atomic E-state index is 5.95. The molecule has 3 heterocycles. The van der Waals surface area contributed by atoms with Gasteiger partial charge in [0.1, 0.15) is 5.82 Å². The number of hydrogen-bond acceptors (Lipinski definition) is 5. The molecular weight excluding hydrogens is 270 g/mol. The van der Waals surface area contributed by atoms with Crippen molar-refractivity contribution in [2.45, 2.75) is 24.3 Å². The number of fused-ring (bicyclic) bond motifs is 1. The van der Waals surface area contributed by atoms with Crippen LogP contribution in [0.25, 0.3) is 0 Å². The molecule has 0 saturated carbocycles. The summed E-state index contributed by atoms with van der Waals surface area (Å²) < 4.78 is 0. The summed E-state index contributed by atoms with van der Waals surface area (Å²) in [5.74, 6) is 1.86. The van der Waals surface area contributed by atoms with Gasteiger partial charge in [0.2, 0.25) is 5.28 Å². The maximum absolute atomic E-state index is 5.95. The van der Waals surface area contributed by atoms with Gasteiger partial charge in [-0.05, 0) is 18.5 Å². The van der Waals surface area contributed by atoms with E-state index in [1.54, 1.807) is 18.0 Å². The van der Waals surface area contributed by atoms with Gasteiger partial charge in [0.05, 0.1) is 22.8 Å². The Bertz CT molecular complexity index is 557. The molecule has 1 aliphatic rings. The van der Waals surface area contributed by atoms with Crippen LogP contribution in [0, 0.1) is 0 Å². The zero-order valence-electron chi connectivity index (χ0n) is 9.77. The molecule has 2 aromatic rings. The topological polar surface area (TPSA) is 66.5 Å². The van der Waals surface area contributed by atoms with Crippen molar-refractivity contribution in [1.29, 1.82) is 0 Å². The van der Waals surface area contributed by atoms with Crippen molar-refractivity contribution in [3.05, 3.63) is 28.9 Å². The largest absolute Gasteiger partial charge is 0.362 e. The molecule has 3 rings (SSSR count). The van der Waals surface area contributed by atoms with E-state index in [1.807, 2.05) is 6.20 Å². The molecule has 94 valence electrons. The number of aromatic amines is 1. The Hall–Kier alpha value is -1.27. The van der Waals surface area contributed by atoms with Gasteiger partial charge in [-0.25, -0.2) is 4.98 Å². The number of thioether (sulfide) groups is 1. The monoisotopic (exact) mass is 281 g/mol. The number of H-pyrrole nitrogens is 1. The lowest BCUT2D eigenvalue weighted by atomic mass is 10.2. The summed E-state index contributed by atoms with van der Waals surface area (Å²) in [7, 11) is 0. The van der Waals surface area contributed by atoms with E-state index < -0.39 is 0 Å². The number of halogens is 1. The smallest absolute Gasteiger partial charge is 0.224 e. The first-order valence-electron chi connectivity index (χ1n) is 5.68. The van der Waals surface area contributed by atoms with Gasteiger partial charge < -0.3 is 5.32 Å². The molecule has 1 unspecified atom stereocenters. The maximum Gasteiger partial charge on any atom is 0.224 e. The number of nitrogens with zero attached hydrogens (tertiary/aromatic N) is 3. The highest BCUT2D eigenvalue weighted by atomic mass is 35.5. The molecule has 5 nitrogen and oxygen atoms in total. The van der Waals surface area contributed by atoms with Crippen LogP contribution in [-0.4, -0.2) is 25.9 Å². The van der Waals surface area contributed by atoms with Crippen LogP contribution < -0.4 is 5.32 Å². The third-order valence-corrected chi connectivity index (χ3v) is 4.16. The fraction of sp³-hybridized carbons (Fsp3) is 0.364. The normalized spacial score (nSPS) is 15.4. The van der Waals surface area contributed by atoms with Crippen molar-refractivity contribution in [3.8, 4) is 0 Å². The molecule has 0 fully saturated rings. The number of hydrogen-bond donors (Lipinski definition) is 2. The zero-order valence-corrected chi connectivity index (χ0v) is 11.3. The van der Waals surface area contributed by atoms with E-state index in [9.17, 15) is 0 Å². The lowest BCUT2D eigenvalue weighted by Crippen LogP contribution is -2.09. The Kier molecular flexibility index (Phi) is 3.13. The van der Waals surface area contributed by atoms with Crippen LogP contribution in [0.4, 0.5) is 5.82 Å². The SMILES string of the molecule is CC(Nc1nc(Cl)nc2c1SCC2)c1cn[nH]c1. The van der Waals surface area contributed by atoms with Crippen LogP contribution in [-0.2, 0) is 6.42 Å². The summed E-state index contributed by atoms with van der Waals surface area (Å²) in [6.07, 6.45) is 4.62. The molecule has 0 amide bonds. The molecule has 0 radical (unpaired) electrons. The Morgan fingerprint density at radius 1 is 1.50 bits per heavy atom. The lowest BCUT2D eigenvalue weighted by Gasteiger charge is -2.15. The van der Waals surface area contributed by atoms with Gasteiger partial charge in [-0.15, -0.1) is 11.8 Å². The Morgan fingerprint density at radius 2 is 2.39 bits per heavy atom. The van der Waals surface area contributed by atoms with Crippen LogP contribution in [0.15, 0.2) is 17.3 Å². The minimum atomic E-state index is 0.125. The first-order valence-corrected chi connectivity index (χ1v) is 7.05. The van der Waals surface area contributed by atoms with E-state index in [2.05, 4.69) is 32.4 Å². The van der Waals surface area contributed by atoms with Gasteiger partial charge in [0.25, 0.3) is 0 Å². The molecule has 18 heavy (non-hydrogen) atoms. The van der Waals surface area contributed by atoms with E-state index in [4.69, 9.17) is 11.6 Å². The van der Waals surface area contributed by atoms with Crippen molar-refractivity contribution in [1.82, 2.24) is 20.2 Å². The molecule has 1 atom stereocenters. The Balaban J connectivity index is 1.89. The predicted molar refractivity (Wildman–Crippen MR) is 72.1 cm³/mol.